The van der Waals surface area contributed by atoms with Gasteiger partial charge in [-0.3, -0.25) is 0 Å². The molecule has 2 aromatic carbocycles. The normalized spacial score (nSPS) is 11.8. The lowest BCUT2D eigenvalue weighted by Crippen LogP contribution is -2.40. The Kier molecular flexibility index (Phi) is 6.49. The molecule has 1 heterocycles. The second-order valence-corrected chi connectivity index (χ2v) is 7.08. The lowest BCUT2D eigenvalue weighted by molar-refractivity contribution is 0.238. The van der Waals surface area contributed by atoms with E-state index in [1.807, 2.05) is 37.4 Å². The van der Waals surface area contributed by atoms with Crippen molar-refractivity contribution in [3.05, 3.63) is 84.2 Å². The minimum absolute atomic E-state index is 0.361. The molecule has 0 fully saturated rings. The van der Waals surface area contributed by atoms with Crippen molar-refractivity contribution in [1.29, 1.82) is 0 Å². The summed E-state index contributed by atoms with van der Waals surface area (Å²) < 4.78 is 16.1. The third kappa shape index (κ3) is 5.10. The molecular formula is C20H21FN4OS. The number of imidazole rings is 1. The van der Waals surface area contributed by atoms with Gasteiger partial charge in [0, 0.05) is 42.2 Å². The number of urea groups is 1. The summed E-state index contributed by atoms with van der Waals surface area (Å²) in [6, 6.07) is 15.3. The number of aryl methyl sites for hydroxylation is 1. The van der Waals surface area contributed by atoms with Crippen LogP contribution in [-0.2, 0) is 7.05 Å². The van der Waals surface area contributed by atoms with E-state index >= 15 is 0 Å². The Labute approximate surface area is 162 Å². The van der Waals surface area contributed by atoms with Crippen LogP contribution < -0.4 is 10.6 Å². The summed E-state index contributed by atoms with van der Waals surface area (Å²) in [6.07, 6.45) is 3.39. The largest absolute Gasteiger partial charge is 0.337 e. The number of nitrogens with one attached hydrogen (secondary N) is 2. The molecule has 27 heavy (non-hydrogen) atoms. The Balaban J connectivity index is 1.61. The highest BCUT2D eigenvalue weighted by molar-refractivity contribution is 7.99. The number of rotatable bonds is 7. The average Bonchev–Trinajstić information content (AvgIpc) is 3.10. The molecule has 1 aromatic heterocycles. The van der Waals surface area contributed by atoms with Gasteiger partial charge in [-0.05, 0) is 18.2 Å². The molecule has 0 aliphatic heterocycles. The van der Waals surface area contributed by atoms with Crippen LogP contribution >= 0.6 is 11.8 Å². The van der Waals surface area contributed by atoms with Gasteiger partial charge in [-0.25, -0.2) is 14.2 Å². The predicted molar refractivity (Wildman–Crippen MR) is 105 cm³/mol. The number of nitrogens with zero attached hydrogens (tertiary/aromatic N) is 2. The molecule has 0 aliphatic rings. The van der Waals surface area contributed by atoms with Crippen LogP contribution in [0.2, 0.25) is 0 Å². The van der Waals surface area contributed by atoms with Crippen molar-refractivity contribution in [3.8, 4) is 0 Å². The van der Waals surface area contributed by atoms with Gasteiger partial charge in [0.15, 0.2) is 0 Å². The third-order valence-corrected chi connectivity index (χ3v) is 5.02. The first kappa shape index (κ1) is 19.0. The topological polar surface area (TPSA) is 59.0 Å². The van der Waals surface area contributed by atoms with Gasteiger partial charge in [-0.2, -0.15) is 0 Å². The van der Waals surface area contributed by atoms with Crippen molar-refractivity contribution in [2.75, 3.05) is 12.3 Å². The molecular weight excluding hydrogens is 363 g/mol. The number of amides is 2. The van der Waals surface area contributed by atoms with E-state index < -0.39 is 6.04 Å². The van der Waals surface area contributed by atoms with Crippen molar-refractivity contribution < 1.29 is 9.18 Å². The minimum Gasteiger partial charge on any atom is -0.337 e. The summed E-state index contributed by atoms with van der Waals surface area (Å²) >= 11 is 1.66. The van der Waals surface area contributed by atoms with E-state index in [4.69, 9.17) is 0 Å². The van der Waals surface area contributed by atoms with Crippen LogP contribution in [0, 0.1) is 5.82 Å². The van der Waals surface area contributed by atoms with E-state index in [0.29, 0.717) is 17.9 Å². The highest BCUT2D eigenvalue weighted by Crippen LogP contribution is 2.23. The first-order valence-corrected chi connectivity index (χ1v) is 9.57. The summed E-state index contributed by atoms with van der Waals surface area (Å²) in [6.45, 7) is 0.496. The summed E-state index contributed by atoms with van der Waals surface area (Å²) in [5, 5.41) is 5.66. The van der Waals surface area contributed by atoms with Crippen molar-refractivity contribution >= 4 is 17.8 Å². The monoisotopic (exact) mass is 384 g/mol. The number of hydrogen-bond acceptors (Lipinski definition) is 3. The Morgan fingerprint density at radius 2 is 1.93 bits per heavy atom. The number of carbonyl (C=O) groups excluding carboxylic acids is 1. The number of benzene rings is 2. The lowest BCUT2D eigenvalue weighted by Gasteiger charge is -2.20. The van der Waals surface area contributed by atoms with E-state index in [1.165, 1.54) is 6.07 Å². The maximum absolute atomic E-state index is 14.3. The molecule has 0 saturated heterocycles. The molecule has 3 rings (SSSR count). The highest BCUT2D eigenvalue weighted by Gasteiger charge is 2.23. The molecule has 1 unspecified atom stereocenters. The van der Waals surface area contributed by atoms with Crippen LogP contribution in [0.15, 0.2) is 71.9 Å². The van der Waals surface area contributed by atoms with Crippen LogP contribution in [0.1, 0.15) is 17.4 Å². The first-order valence-electron chi connectivity index (χ1n) is 8.59. The maximum Gasteiger partial charge on any atom is 0.315 e. The van der Waals surface area contributed by atoms with E-state index in [1.54, 1.807) is 46.9 Å². The Hall–Kier alpha value is -2.80. The quantitative estimate of drug-likeness (QED) is 0.482. The highest BCUT2D eigenvalue weighted by atomic mass is 32.2. The molecule has 0 radical (unpaired) electrons. The zero-order valence-electron chi connectivity index (χ0n) is 14.9. The van der Waals surface area contributed by atoms with Crippen molar-refractivity contribution in [2.45, 2.75) is 10.9 Å². The maximum atomic E-state index is 14.3. The Morgan fingerprint density at radius 1 is 1.19 bits per heavy atom. The molecule has 5 nitrogen and oxygen atoms in total. The fourth-order valence-corrected chi connectivity index (χ4v) is 3.47. The second-order valence-electron chi connectivity index (χ2n) is 5.91. The molecule has 0 saturated carbocycles. The summed E-state index contributed by atoms with van der Waals surface area (Å²) in [7, 11) is 1.81. The zero-order valence-corrected chi connectivity index (χ0v) is 15.7. The Bertz CT molecular complexity index is 884. The summed E-state index contributed by atoms with van der Waals surface area (Å²) in [5.41, 5.74) is 0.376. The zero-order chi connectivity index (χ0) is 19.1. The molecule has 7 heteroatoms. The van der Waals surface area contributed by atoms with Gasteiger partial charge in [0.05, 0.1) is 0 Å². The minimum atomic E-state index is -0.673. The van der Waals surface area contributed by atoms with Crippen molar-refractivity contribution in [2.24, 2.45) is 7.05 Å². The van der Waals surface area contributed by atoms with Gasteiger partial charge < -0.3 is 15.2 Å². The summed E-state index contributed by atoms with van der Waals surface area (Å²) in [5.74, 6) is 0.920. The molecule has 1 atom stereocenters. The van der Waals surface area contributed by atoms with E-state index in [9.17, 15) is 9.18 Å². The van der Waals surface area contributed by atoms with Gasteiger partial charge in [0.25, 0.3) is 0 Å². The number of hydrogen-bond donors (Lipinski definition) is 2. The molecule has 0 spiro atoms. The van der Waals surface area contributed by atoms with Gasteiger partial charge in [0.1, 0.15) is 17.7 Å². The molecule has 0 bridgehead atoms. The number of aromatic nitrogens is 2. The van der Waals surface area contributed by atoms with Crippen LogP contribution in [-0.4, -0.2) is 27.9 Å². The van der Waals surface area contributed by atoms with Crippen molar-refractivity contribution in [3.63, 3.8) is 0 Å². The average molecular weight is 384 g/mol. The van der Waals surface area contributed by atoms with Crippen LogP contribution in [0.25, 0.3) is 0 Å². The first-order chi connectivity index (χ1) is 13.1. The van der Waals surface area contributed by atoms with Gasteiger partial charge >= 0.3 is 6.03 Å². The SMILES string of the molecule is Cn1ccnc1C(NC(=O)NCCSc1ccccc1)c1ccccc1F. The smallest absolute Gasteiger partial charge is 0.315 e. The fraction of sp³-hybridized carbons (Fsp3) is 0.200. The number of thioether (sulfide) groups is 1. The molecule has 2 N–H and O–H groups in total. The number of halogens is 1. The predicted octanol–water partition coefficient (Wildman–Crippen LogP) is 3.74. The molecule has 3 aromatic rings. The third-order valence-electron chi connectivity index (χ3n) is 4.01. The Morgan fingerprint density at radius 3 is 2.63 bits per heavy atom. The van der Waals surface area contributed by atoms with Crippen molar-refractivity contribution in [1.82, 2.24) is 20.2 Å². The van der Waals surface area contributed by atoms with E-state index in [-0.39, 0.29) is 11.8 Å². The molecule has 140 valence electrons. The van der Waals surface area contributed by atoms with Crippen LogP contribution in [0.4, 0.5) is 9.18 Å². The van der Waals surface area contributed by atoms with Gasteiger partial charge in [0.2, 0.25) is 0 Å². The van der Waals surface area contributed by atoms with Gasteiger partial charge in [-0.15, -0.1) is 11.8 Å². The number of carbonyl (C=O) groups is 1. The molecule has 2 amide bonds. The fourth-order valence-electron chi connectivity index (χ4n) is 2.68. The standard InChI is InChI=1S/C20H21FN4OS/c1-25-13-11-22-19(25)18(16-9-5-6-10-17(16)21)24-20(26)23-12-14-27-15-7-3-2-4-8-15/h2-11,13,18H,12,14H2,1H3,(H2,23,24,26). The second kappa shape index (κ2) is 9.23. The van der Waals surface area contributed by atoms with E-state index in [0.717, 1.165) is 10.6 Å². The van der Waals surface area contributed by atoms with Crippen LogP contribution in [0.5, 0.6) is 0 Å². The van der Waals surface area contributed by atoms with Gasteiger partial charge in [-0.1, -0.05) is 36.4 Å². The van der Waals surface area contributed by atoms with Crippen LogP contribution in [0.3, 0.4) is 0 Å². The molecule has 0 aliphatic carbocycles. The lowest BCUT2D eigenvalue weighted by atomic mass is 10.1. The summed E-state index contributed by atoms with van der Waals surface area (Å²) in [4.78, 5) is 17.8. The van der Waals surface area contributed by atoms with E-state index in [2.05, 4.69) is 15.6 Å².